The first-order valence-electron chi connectivity index (χ1n) is 13.0. The molecule has 0 bridgehead atoms. The minimum atomic E-state index is -0.0768. The zero-order chi connectivity index (χ0) is 27.0. The van der Waals surface area contributed by atoms with Crippen molar-refractivity contribution in [2.24, 2.45) is 0 Å². The Morgan fingerprint density at radius 2 is 1.44 bits per heavy atom. The number of nitrogens with one attached hydrogen (secondary N) is 1. The summed E-state index contributed by atoms with van der Waals surface area (Å²) in [6.07, 6.45) is 3.61. The van der Waals surface area contributed by atoms with Crippen molar-refractivity contribution in [3.8, 4) is 11.5 Å². The second-order valence-electron chi connectivity index (χ2n) is 9.12. The average Bonchev–Trinajstić information content (AvgIpc) is 3.00. The summed E-state index contributed by atoms with van der Waals surface area (Å²) in [5.41, 5.74) is 5.53. The van der Waals surface area contributed by atoms with Crippen molar-refractivity contribution in [1.29, 1.82) is 0 Å². The SMILES string of the molecule is COc1cc2nccc(N(c3ccccc3)c3ccc(C(=O)NCCCc4ccccc4)cc3)c2cc1OC. The first-order chi connectivity index (χ1) is 19.2. The van der Waals surface area contributed by atoms with Gasteiger partial charge in [0.25, 0.3) is 5.91 Å². The zero-order valence-corrected chi connectivity index (χ0v) is 22.1. The standard InChI is InChI=1S/C33H31N3O3/c1-38-31-22-28-29(23-32(31)39-2)34-21-19-30(28)36(26-13-7-4-8-14-26)27-17-15-25(16-18-27)33(37)35-20-9-12-24-10-5-3-6-11-24/h3-8,10-11,13-19,21-23H,9,12,20H2,1-2H3,(H,35,37). The van der Waals surface area contributed by atoms with E-state index in [9.17, 15) is 4.79 Å². The number of carbonyl (C=O) groups excluding carboxylic acids is 1. The molecule has 1 amide bonds. The summed E-state index contributed by atoms with van der Waals surface area (Å²) in [6, 6.07) is 33.9. The third-order valence-corrected chi connectivity index (χ3v) is 6.64. The van der Waals surface area contributed by atoms with Crippen LogP contribution >= 0.6 is 0 Å². The van der Waals surface area contributed by atoms with Crippen LogP contribution in [-0.2, 0) is 6.42 Å². The molecule has 6 heteroatoms. The van der Waals surface area contributed by atoms with Gasteiger partial charge in [0, 0.05) is 41.1 Å². The second kappa shape index (κ2) is 12.1. The fraction of sp³-hybridized carbons (Fsp3) is 0.152. The Kier molecular flexibility index (Phi) is 8.03. The van der Waals surface area contributed by atoms with Crippen molar-refractivity contribution in [2.75, 3.05) is 25.7 Å². The van der Waals surface area contributed by atoms with Gasteiger partial charge in [-0.05, 0) is 66.9 Å². The van der Waals surface area contributed by atoms with Crippen LogP contribution in [0.15, 0.2) is 109 Å². The summed E-state index contributed by atoms with van der Waals surface area (Å²) in [5, 5.41) is 3.96. The highest BCUT2D eigenvalue weighted by Crippen LogP contribution is 2.41. The number of carbonyl (C=O) groups is 1. The number of para-hydroxylation sites is 1. The van der Waals surface area contributed by atoms with Crippen LogP contribution in [-0.4, -0.2) is 31.7 Å². The van der Waals surface area contributed by atoms with Gasteiger partial charge in [0.15, 0.2) is 11.5 Å². The van der Waals surface area contributed by atoms with E-state index in [0.717, 1.165) is 40.8 Å². The van der Waals surface area contributed by atoms with Crippen molar-refractivity contribution < 1.29 is 14.3 Å². The van der Waals surface area contributed by atoms with E-state index in [2.05, 4.69) is 39.5 Å². The lowest BCUT2D eigenvalue weighted by atomic mass is 10.1. The molecule has 1 N–H and O–H groups in total. The maximum absolute atomic E-state index is 12.8. The molecular weight excluding hydrogens is 486 g/mol. The van der Waals surface area contributed by atoms with Crippen molar-refractivity contribution in [1.82, 2.24) is 10.3 Å². The van der Waals surface area contributed by atoms with Crippen molar-refractivity contribution in [2.45, 2.75) is 12.8 Å². The minimum Gasteiger partial charge on any atom is -0.493 e. The summed E-state index contributed by atoms with van der Waals surface area (Å²) >= 11 is 0. The van der Waals surface area contributed by atoms with E-state index in [4.69, 9.17) is 9.47 Å². The van der Waals surface area contributed by atoms with Gasteiger partial charge < -0.3 is 19.7 Å². The maximum atomic E-state index is 12.8. The van der Waals surface area contributed by atoms with Crippen LogP contribution in [0, 0.1) is 0 Å². The van der Waals surface area contributed by atoms with Crippen LogP contribution in [0.2, 0.25) is 0 Å². The first-order valence-corrected chi connectivity index (χ1v) is 13.0. The molecular formula is C33H31N3O3. The van der Waals surface area contributed by atoms with E-state index in [-0.39, 0.29) is 5.91 Å². The Balaban J connectivity index is 1.41. The predicted octanol–water partition coefficient (Wildman–Crippen LogP) is 7.08. The zero-order valence-electron chi connectivity index (χ0n) is 22.1. The highest BCUT2D eigenvalue weighted by atomic mass is 16.5. The summed E-state index contributed by atoms with van der Waals surface area (Å²) in [5.74, 6) is 1.18. The van der Waals surface area contributed by atoms with Gasteiger partial charge >= 0.3 is 0 Å². The van der Waals surface area contributed by atoms with Crippen molar-refractivity contribution in [3.63, 3.8) is 0 Å². The van der Waals surface area contributed by atoms with Gasteiger partial charge in [-0.25, -0.2) is 0 Å². The Morgan fingerprint density at radius 3 is 2.13 bits per heavy atom. The van der Waals surface area contributed by atoms with Gasteiger partial charge in [-0.15, -0.1) is 0 Å². The lowest BCUT2D eigenvalue weighted by Crippen LogP contribution is -2.24. The summed E-state index contributed by atoms with van der Waals surface area (Å²) in [4.78, 5) is 19.5. The number of amides is 1. The second-order valence-corrected chi connectivity index (χ2v) is 9.12. The molecule has 6 nitrogen and oxygen atoms in total. The molecule has 39 heavy (non-hydrogen) atoms. The molecule has 0 unspecified atom stereocenters. The molecule has 0 aliphatic carbocycles. The Bertz CT molecular complexity index is 1540. The van der Waals surface area contributed by atoms with E-state index < -0.39 is 0 Å². The van der Waals surface area contributed by atoms with Crippen LogP contribution in [0.4, 0.5) is 17.1 Å². The number of aryl methyl sites for hydroxylation is 1. The van der Waals surface area contributed by atoms with Crippen molar-refractivity contribution >= 4 is 33.9 Å². The third-order valence-electron chi connectivity index (χ3n) is 6.64. The number of pyridine rings is 1. The summed E-state index contributed by atoms with van der Waals surface area (Å²) < 4.78 is 11.1. The van der Waals surface area contributed by atoms with Gasteiger partial charge in [-0.1, -0.05) is 48.5 Å². The Hall–Kier alpha value is -4.84. The highest BCUT2D eigenvalue weighted by Gasteiger charge is 2.18. The van der Waals surface area contributed by atoms with Gasteiger partial charge in [0.2, 0.25) is 0 Å². The van der Waals surface area contributed by atoms with E-state index in [1.807, 2.05) is 78.9 Å². The Labute approximate surface area is 228 Å². The number of ether oxygens (including phenoxy) is 2. The van der Waals surface area contributed by atoms with E-state index in [1.54, 1.807) is 20.4 Å². The van der Waals surface area contributed by atoms with Crippen LogP contribution in [0.3, 0.4) is 0 Å². The predicted molar refractivity (Wildman–Crippen MR) is 157 cm³/mol. The maximum Gasteiger partial charge on any atom is 0.251 e. The van der Waals surface area contributed by atoms with Crippen LogP contribution in [0.25, 0.3) is 10.9 Å². The van der Waals surface area contributed by atoms with Gasteiger partial charge in [-0.3, -0.25) is 9.78 Å². The quantitative estimate of drug-likeness (QED) is 0.201. The molecule has 0 saturated heterocycles. The molecule has 5 aromatic rings. The van der Waals surface area contributed by atoms with Crippen LogP contribution < -0.4 is 19.7 Å². The number of anilines is 3. The lowest BCUT2D eigenvalue weighted by molar-refractivity contribution is 0.0953. The molecule has 196 valence electrons. The van der Waals surface area contributed by atoms with Crippen LogP contribution in [0.5, 0.6) is 11.5 Å². The number of rotatable bonds is 10. The number of nitrogens with zero attached hydrogens (tertiary/aromatic N) is 2. The highest BCUT2D eigenvalue weighted by molar-refractivity contribution is 5.99. The number of hydrogen-bond donors (Lipinski definition) is 1. The smallest absolute Gasteiger partial charge is 0.251 e. The summed E-state index contributed by atoms with van der Waals surface area (Å²) in [7, 11) is 3.24. The fourth-order valence-electron chi connectivity index (χ4n) is 4.66. The van der Waals surface area contributed by atoms with E-state index in [1.165, 1.54) is 5.56 Å². The molecule has 0 radical (unpaired) electrons. The van der Waals surface area contributed by atoms with E-state index in [0.29, 0.717) is 23.6 Å². The van der Waals surface area contributed by atoms with E-state index >= 15 is 0 Å². The molecule has 0 fully saturated rings. The van der Waals surface area contributed by atoms with Gasteiger partial charge in [-0.2, -0.15) is 0 Å². The fourth-order valence-corrected chi connectivity index (χ4v) is 4.66. The first kappa shape index (κ1) is 25.8. The van der Waals surface area contributed by atoms with Crippen LogP contribution in [0.1, 0.15) is 22.3 Å². The molecule has 0 spiro atoms. The number of benzene rings is 4. The molecule has 0 aliphatic heterocycles. The number of hydrogen-bond acceptors (Lipinski definition) is 5. The molecule has 0 atom stereocenters. The molecule has 1 aromatic heterocycles. The normalized spacial score (nSPS) is 10.7. The molecule has 0 saturated carbocycles. The molecule has 1 heterocycles. The molecule has 0 aliphatic rings. The van der Waals surface area contributed by atoms with Gasteiger partial charge in [0.1, 0.15) is 0 Å². The Morgan fingerprint density at radius 1 is 0.795 bits per heavy atom. The topological polar surface area (TPSA) is 63.7 Å². The van der Waals surface area contributed by atoms with Gasteiger partial charge in [0.05, 0.1) is 25.4 Å². The molecule has 4 aromatic carbocycles. The molecule has 5 rings (SSSR count). The monoisotopic (exact) mass is 517 g/mol. The number of fused-ring (bicyclic) bond motifs is 1. The van der Waals surface area contributed by atoms with Crippen molar-refractivity contribution in [3.05, 3.63) is 120 Å². The number of aromatic nitrogens is 1. The minimum absolute atomic E-state index is 0.0768. The largest absolute Gasteiger partial charge is 0.493 e. The summed E-state index contributed by atoms with van der Waals surface area (Å²) in [6.45, 7) is 0.625. The number of methoxy groups -OCH3 is 2. The third kappa shape index (κ3) is 5.85. The average molecular weight is 518 g/mol. The lowest BCUT2D eigenvalue weighted by Gasteiger charge is -2.27.